The number of amides is 1. The Bertz CT molecular complexity index is 858. The molecule has 0 aliphatic rings. The molecule has 0 aliphatic heterocycles. The third kappa shape index (κ3) is 4.54. The fourth-order valence-corrected chi connectivity index (χ4v) is 3.31. The topological polar surface area (TPSA) is 73.0 Å². The van der Waals surface area contributed by atoms with Crippen LogP contribution in [0.1, 0.15) is 24.7 Å². The van der Waals surface area contributed by atoms with Gasteiger partial charge in [-0.1, -0.05) is 42.4 Å². The van der Waals surface area contributed by atoms with Crippen molar-refractivity contribution in [3.63, 3.8) is 0 Å². The van der Waals surface area contributed by atoms with Gasteiger partial charge in [0.2, 0.25) is 5.91 Å². The first-order chi connectivity index (χ1) is 12.7. The summed E-state index contributed by atoms with van der Waals surface area (Å²) in [5.74, 6) is 1.89. The van der Waals surface area contributed by atoms with Gasteiger partial charge in [-0.05, 0) is 31.5 Å². The van der Waals surface area contributed by atoms with Gasteiger partial charge < -0.3 is 9.73 Å². The molecule has 0 fully saturated rings. The van der Waals surface area contributed by atoms with E-state index in [1.165, 1.54) is 11.8 Å². The minimum atomic E-state index is 0.00139. The van der Waals surface area contributed by atoms with Gasteiger partial charge in [0.05, 0.1) is 18.6 Å². The normalized spacial score (nSPS) is 10.8. The van der Waals surface area contributed by atoms with E-state index in [9.17, 15) is 4.79 Å². The molecule has 0 bridgehead atoms. The Hall–Kier alpha value is -2.54. The number of carbonyl (C=O) groups is 1. The fraction of sp³-hybridized carbons (Fsp3) is 0.316. The van der Waals surface area contributed by atoms with Crippen molar-refractivity contribution in [2.24, 2.45) is 0 Å². The van der Waals surface area contributed by atoms with E-state index in [4.69, 9.17) is 4.42 Å². The number of aromatic nitrogens is 3. The van der Waals surface area contributed by atoms with E-state index in [1.807, 2.05) is 48.7 Å². The zero-order chi connectivity index (χ0) is 18.4. The highest BCUT2D eigenvalue weighted by atomic mass is 32.2. The second kappa shape index (κ2) is 8.71. The quantitative estimate of drug-likeness (QED) is 0.614. The van der Waals surface area contributed by atoms with Crippen LogP contribution in [0, 0.1) is 6.92 Å². The minimum Gasteiger partial charge on any atom is -0.467 e. The molecule has 0 aliphatic carbocycles. The lowest BCUT2D eigenvalue weighted by molar-refractivity contribution is -0.118. The standard InChI is InChI=1S/C19H22N4O2S/c1-3-9-20-17(24)13-26-19-22-21-18(15-7-4-6-14(2)11-15)23(19)12-16-8-5-10-25-16/h4-8,10-11H,3,9,12-13H2,1-2H3,(H,20,24). The van der Waals surface area contributed by atoms with E-state index in [1.54, 1.807) is 6.26 Å². The van der Waals surface area contributed by atoms with Crippen molar-refractivity contribution in [1.29, 1.82) is 0 Å². The van der Waals surface area contributed by atoms with Gasteiger partial charge in [-0.25, -0.2) is 0 Å². The Balaban J connectivity index is 1.85. The predicted molar refractivity (Wildman–Crippen MR) is 102 cm³/mol. The van der Waals surface area contributed by atoms with E-state index in [-0.39, 0.29) is 5.91 Å². The van der Waals surface area contributed by atoms with Crippen LogP contribution in [0.25, 0.3) is 11.4 Å². The molecule has 2 aromatic heterocycles. The lowest BCUT2D eigenvalue weighted by Crippen LogP contribution is -2.25. The van der Waals surface area contributed by atoms with Crippen molar-refractivity contribution in [1.82, 2.24) is 20.1 Å². The Labute approximate surface area is 157 Å². The van der Waals surface area contributed by atoms with E-state index in [0.717, 1.165) is 29.1 Å². The fourth-order valence-electron chi connectivity index (χ4n) is 2.54. The molecule has 0 unspecified atom stereocenters. The molecule has 0 saturated carbocycles. The van der Waals surface area contributed by atoms with Crippen molar-refractivity contribution >= 4 is 17.7 Å². The molecule has 1 N–H and O–H groups in total. The van der Waals surface area contributed by atoms with Crippen molar-refractivity contribution < 1.29 is 9.21 Å². The molecule has 0 radical (unpaired) electrons. The molecule has 6 nitrogen and oxygen atoms in total. The number of hydrogen-bond acceptors (Lipinski definition) is 5. The van der Waals surface area contributed by atoms with E-state index < -0.39 is 0 Å². The molecule has 3 rings (SSSR count). The number of rotatable bonds is 8. The van der Waals surface area contributed by atoms with Gasteiger partial charge in [0.1, 0.15) is 5.76 Å². The molecule has 2 heterocycles. The lowest BCUT2D eigenvalue weighted by Gasteiger charge is -2.09. The van der Waals surface area contributed by atoms with Crippen LogP contribution in [0.3, 0.4) is 0 Å². The number of benzene rings is 1. The Morgan fingerprint density at radius 1 is 1.27 bits per heavy atom. The Kier molecular flexibility index (Phi) is 6.12. The summed E-state index contributed by atoms with van der Waals surface area (Å²) in [6.45, 7) is 5.28. The number of carbonyl (C=O) groups excluding carboxylic acids is 1. The Morgan fingerprint density at radius 2 is 2.15 bits per heavy atom. The van der Waals surface area contributed by atoms with Crippen LogP contribution >= 0.6 is 11.8 Å². The Morgan fingerprint density at radius 3 is 2.88 bits per heavy atom. The lowest BCUT2D eigenvalue weighted by atomic mass is 10.1. The van der Waals surface area contributed by atoms with Gasteiger partial charge in [-0.3, -0.25) is 9.36 Å². The van der Waals surface area contributed by atoms with Crippen molar-refractivity contribution in [3.8, 4) is 11.4 Å². The average molecular weight is 370 g/mol. The summed E-state index contributed by atoms with van der Waals surface area (Å²) < 4.78 is 7.48. The highest BCUT2D eigenvalue weighted by Crippen LogP contribution is 2.25. The van der Waals surface area contributed by atoms with Crippen LogP contribution in [-0.4, -0.2) is 33.0 Å². The highest BCUT2D eigenvalue weighted by Gasteiger charge is 2.17. The number of nitrogens with one attached hydrogen (secondary N) is 1. The zero-order valence-electron chi connectivity index (χ0n) is 14.9. The van der Waals surface area contributed by atoms with Gasteiger partial charge in [-0.15, -0.1) is 10.2 Å². The number of thioether (sulfide) groups is 1. The van der Waals surface area contributed by atoms with E-state index in [2.05, 4.69) is 21.6 Å². The third-order valence-electron chi connectivity index (χ3n) is 3.79. The monoisotopic (exact) mass is 370 g/mol. The molecule has 0 atom stereocenters. The van der Waals surface area contributed by atoms with E-state index in [0.29, 0.717) is 24.0 Å². The first-order valence-corrected chi connectivity index (χ1v) is 9.58. The van der Waals surface area contributed by atoms with Crippen LogP contribution in [0.5, 0.6) is 0 Å². The summed E-state index contributed by atoms with van der Waals surface area (Å²) in [6.07, 6.45) is 2.57. The molecule has 0 saturated heterocycles. The van der Waals surface area contributed by atoms with Crippen LogP contribution in [0.2, 0.25) is 0 Å². The number of nitrogens with zero attached hydrogens (tertiary/aromatic N) is 3. The van der Waals surface area contributed by atoms with Gasteiger partial charge in [-0.2, -0.15) is 0 Å². The van der Waals surface area contributed by atoms with Crippen LogP contribution in [-0.2, 0) is 11.3 Å². The third-order valence-corrected chi connectivity index (χ3v) is 4.76. The molecular weight excluding hydrogens is 348 g/mol. The summed E-state index contributed by atoms with van der Waals surface area (Å²) >= 11 is 1.38. The largest absolute Gasteiger partial charge is 0.467 e. The smallest absolute Gasteiger partial charge is 0.230 e. The molecule has 3 aromatic rings. The van der Waals surface area contributed by atoms with Gasteiger partial charge in [0.15, 0.2) is 11.0 Å². The average Bonchev–Trinajstić information content (AvgIpc) is 3.28. The second-order valence-corrected chi connectivity index (χ2v) is 6.92. The van der Waals surface area contributed by atoms with Crippen molar-refractivity contribution in [2.75, 3.05) is 12.3 Å². The summed E-state index contributed by atoms with van der Waals surface area (Å²) in [5.41, 5.74) is 2.15. The summed E-state index contributed by atoms with van der Waals surface area (Å²) in [4.78, 5) is 11.9. The van der Waals surface area contributed by atoms with Crippen molar-refractivity contribution in [3.05, 3.63) is 54.0 Å². The van der Waals surface area contributed by atoms with E-state index >= 15 is 0 Å². The number of furan rings is 1. The summed E-state index contributed by atoms with van der Waals surface area (Å²) in [6, 6.07) is 11.9. The molecule has 136 valence electrons. The maximum Gasteiger partial charge on any atom is 0.230 e. The summed E-state index contributed by atoms with van der Waals surface area (Å²) in [7, 11) is 0. The molecule has 0 spiro atoms. The maximum atomic E-state index is 11.9. The molecule has 1 aromatic carbocycles. The molecule has 1 amide bonds. The highest BCUT2D eigenvalue weighted by molar-refractivity contribution is 7.99. The predicted octanol–water partition coefficient (Wildman–Crippen LogP) is 3.51. The van der Waals surface area contributed by atoms with Crippen LogP contribution in [0.15, 0.2) is 52.2 Å². The van der Waals surface area contributed by atoms with Gasteiger partial charge >= 0.3 is 0 Å². The SMILES string of the molecule is CCCNC(=O)CSc1nnc(-c2cccc(C)c2)n1Cc1ccco1. The first kappa shape index (κ1) is 18.3. The molecule has 7 heteroatoms. The van der Waals surface area contributed by atoms with Gasteiger partial charge in [0, 0.05) is 12.1 Å². The van der Waals surface area contributed by atoms with Crippen molar-refractivity contribution in [2.45, 2.75) is 32.0 Å². The van der Waals surface area contributed by atoms with Gasteiger partial charge in [0.25, 0.3) is 0 Å². The molecular formula is C19H22N4O2S. The maximum absolute atomic E-state index is 11.9. The first-order valence-electron chi connectivity index (χ1n) is 8.59. The van der Waals surface area contributed by atoms with Crippen LogP contribution < -0.4 is 5.32 Å². The minimum absolute atomic E-state index is 0.00139. The summed E-state index contributed by atoms with van der Waals surface area (Å²) in [5, 5.41) is 12.3. The number of hydrogen-bond donors (Lipinski definition) is 1. The number of aryl methyl sites for hydroxylation is 1. The zero-order valence-corrected chi connectivity index (χ0v) is 15.8. The van der Waals surface area contributed by atoms with Crippen LogP contribution in [0.4, 0.5) is 0 Å². The second-order valence-electron chi connectivity index (χ2n) is 5.98. The molecule has 26 heavy (non-hydrogen) atoms.